The highest BCUT2D eigenvalue weighted by atomic mass is 16.3. The van der Waals surface area contributed by atoms with Crippen LogP contribution in [0.25, 0.3) is 11.6 Å². The van der Waals surface area contributed by atoms with Crippen molar-refractivity contribution in [3.63, 3.8) is 0 Å². The summed E-state index contributed by atoms with van der Waals surface area (Å²) in [6.07, 6.45) is 7.17. The van der Waals surface area contributed by atoms with Gasteiger partial charge in [0.2, 0.25) is 5.88 Å². The predicted molar refractivity (Wildman–Crippen MR) is 94.4 cm³/mol. The first-order valence-electron chi connectivity index (χ1n) is 7.72. The third-order valence-electron chi connectivity index (χ3n) is 4.10. The van der Waals surface area contributed by atoms with E-state index >= 15 is 0 Å². The molecule has 1 N–H and O–H groups in total. The number of benzene rings is 1. The van der Waals surface area contributed by atoms with Crippen molar-refractivity contribution in [2.75, 3.05) is 0 Å². The lowest BCUT2D eigenvalue weighted by Crippen LogP contribution is -2.01. The Hall–Kier alpha value is -3.21. The van der Waals surface area contributed by atoms with Crippen molar-refractivity contribution in [3.05, 3.63) is 71.4 Å². The number of para-hydroxylation sites is 1. The van der Waals surface area contributed by atoms with Gasteiger partial charge >= 0.3 is 0 Å². The normalized spacial score (nSPS) is 14.3. The van der Waals surface area contributed by atoms with Gasteiger partial charge in [-0.05, 0) is 36.8 Å². The molecule has 3 heterocycles. The molecule has 0 saturated heterocycles. The quantitative estimate of drug-likeness (QED) is 0.803. The maximum absolute atomic E-state index is 10.6. The molecule has 0 amide bonds. The molecule has 2 aromatic heterocycles. The van der Waals surface area contributed by atoms with Crippen molar-refractivity contribution in [1.29, 1.82) is 0 Å². The van der Waals surface area contributed by atoms with Gasteiger partial charge in [0.15, 0.2) is 0 Å². The highest BCUT2D eigenvalue weighted by Gasteiger charge is 2.16. The highest BCUT2D eigenvalue weighted by Crippen LogP contribution is 2.33. The minimum Gasteiger partial charge on any atom is -0.493 e. The molecule has 0 bridgehead atoms. The Morgan fingerprint density at radius 3 is 2.75 bits per heavy atom. The van der Waals surface area contributed by atoms with Crippen LogP contribution in [0, 0.1) is 6.92 Å². The molecule has 0 spiro atoms. The number of aromatic hydroxyl groups is 1. The van der Waals surface area contributed by atoms with E-state index in [0.29, 0.717) is 12.2 Å². The maximum Gasteiger partial charge on any atom is 0.219 e. The second-order valence-corrected chi connectivity index (χ2v) is 5.68. The zero-order valence-electron chi connectivity index (χ0n) is 13.2. The Bertz CT molecular complexity index is 955. The second-order valence-electron chi connectivity index (χ2n) is 5.68. The van der Waals surface area contributed by atoms with Crippen molar-refractivity contribution < 1.29 is 5.11 Å². The lowest BCUT2D eigenvalue weighted by atomic mass is 10.1. The molecule has 5 nitrogen and oxygen atoms in total. The monoisotopic (exact) mass is 316 g/mol. The van der Waals surface area contributed by atoms with E-state index in [0.717, 1.165) is 28.2 Å². The fraction of sp³-hybridized carbons (Fsp3) is 0.105. The number of aliphatic imine (C=N–C) groups is 1. The van der Waals surface area contributed by atoms with Gasteiger partial charge in [0.1, 0.15) is 11.5 Å². The zero-order valence-corrected chi connectivity index (χ0v) is 13.2. The van der Waals surface area contributed by atoms with Crippen LogP contribution in [-0.4, -0.2) is 25.9 Å². The van der Waals surface area contributed by atoms with Crippen molar-refractivity contribution in [3.8, 4) is 5.88 Å². The molecule has 0 fully saturated rings. The molecule has 0 unspecified atom stereocenters. The Kier molecular flexibility index (Phi) is 3.46. The first-order chi connectivity index (χ1) is 11.7. The largest absolute Gasteiger partial charge is 0.493 e. The van der Waals surface area contributed by atoms with Crippen LogP contribution < -0.4 is 0 Å². The minimum atomic E-state index is 0.162. The molecule has 0 atom stereocenters. The van der Waals surface area contributed by atoms with Gasteiger partial charge in [-0.1, -0.05) is 18.2 Å². The number of rotatable bonds is 3. The third-order valence-corrected chi connectivity index (χ3v) is 4.10. The van der Waals surface area contributed by atoms with Gasteiger partial charge < -0.3 is 5.11 Å². The third kappa shape index (κ3) is 2.50. The summed E-state index contributed by atoms with van der Waals surface area (Å²) < 4.78 is 1.79. The maximum atomic E-state index is 10.6. The standard InChI is InChI=1S/C19H16N4O/c1-13-22-18(10-15-11-21-17-5-3-2-4-16(15)17)19(24)23(13)12-14-6-8-20-9-7-14/h2-11,24H,12H2,1H3/b15-10+. The summed E-state index contributed by atoms with van der Waals surface area (Å²) in [4.78, 5) is 12.9. The first kappa shape index (κ1) is 14.4. The number of aromatic nitrogens is 3. The average molecular weight is 316 g/mol. The van der Waals surface area contributed by atoms with E-state index < -0.39 is 0 Å². The molecule has 3 aromatic rings. The summed E-state index contributed by atoms with van der Waals surface area (Å²) in [7, 11) is 0. The number of hydrogen-bond acceptors (Lipinski definition) is 4. The van der Waals surface area contributed by atoms with E-state index in [1.54, 1.807) is 23.2 Å². The number of allylic oxidation sites excluding steroid dienone is 1. The number of imidazole rings is 1. The summed E-state index contributed by atoms with van der Waals surface area (Å²) >= 11 is 0. The van der Waals surface area contributed by atoms with Crippen molar-refractivity contribution in [2.24, 2.45) is 4.99 Å². The van der Waals surface area contributed by atoms with E-state index in [1.807, 2.05) is 49.4 Å². The van der Waals surface area contributed by atoms with Crippen LogP contribution in [0.3, 0.4) is 0 Å². The number of nitrogens with zero attached hydrogens (tertiary/aromatic N) is 4. The van der Waals surface area contributed by atoms with E-state index in [-0.39, 0.29) is 5.88 Å². The van der Waals surface area contributed by atoms with Gasteiger partial charge in [0.05, 0.1) is 12.2 Å². The van der Waals surface area contributed by atoms with Crippen LogP contribution in [0.15, 0.2) is 53.8 Å². The Balaban J connectivity index is 1.70. The van der Waals surface area contributed by atoms with Crippen LogP contribution in [0.4, 0.5) is 5.69 Å². The lowest BCUT2D eigenvalue weighted by molar-refractivity contribution is 0.421. The number of aryl methyl sites for hydroxylation is 1. The molecule has 24 heavy (non-hydrogen) atoms. The van der Waals surface area contributed by atoms with Gasteiger partial charge in [-0.3, -0.25) is 14.5 Å². The predicted octanol–water partition coefficient (Wildman–Crippen LogP) is 3.60. The molecule has 1 aliphatic heterocycles. The zero-order chi connectivity index (χ0) is 16.5. The molecular weight excluding hydrogens is 300 g/mol. The van der Waals surface area contributed by atoms with Crippen molar-refractivity contribution in [1.82, 2.24) is 14.5 Å². The number of pyridine rings is 1. The Morgan fingerprint density at radius 1 is 1.12 bits per heavy atom. The van der Waals surface area contributed by atoms with Crippen molar-refractivity contribution in [2.45, 2.75) is 13.5 Å². The highest BCUT2D eigenvalue weighted by molar-refractivity contribution is 6.21. The number of fused-ring (bicyclic) bond motifs is 1. The van der Waals surface area contributed by atoms with Crippen LogP contribution >= 0.6 is 0 Å². The summed E-state index contributed by atoms with van der Waals surface area (Å²) in [5.74, 6) is 0.925. The molecule has 0 aliphatic carbocycles. The fourth-order valence-corrected chi connectivity index (χ4v) is 2.83. The molecule has 5 heteroatoms. The van der Waals surface area contributed by atoms with Crippen molar-refractivity contribution >= 4 is 23.6 Å². The molecule has 1 aromatic carbocycles. The van der Waals surface area contributed by atoms with Gasteiger partial charge in [-0.15, -0.1) is 0 Å². The van der Waals surface area contributed by atoms with E-state index in [4.69, 9.17) is 0 Å². The summed E-state index contributed by atoms with van der Waals surface area (Å²) in [6.45, 7) is 2.45. The summed E-state index contributed by atoms with van der Waals surface area (Å²) in [5, 5.41) is 10.6. The summed E-state index contributed by atoms with van der Waals surface area (Å²) in [5.41, 5.74) is 4.57. The van der Waals surface area contributed by atoms with E-state index in [9.17, 15) is 5.11 Å². The molecule has 0 saturated carbocycles. The topological polar surface area (TPSA) is 63.3 Å². The first-order valence-corrected chi connectivity index (χ1v) is 7.72. The molecular formula is C19H16N4O. The molecule has 1 aliphatic rings. The fourth-order valence-electron chi connectivity index (χ4n) is 2.83. The van der Waals surface area contributed by atoms with Crippen LogP contribution in [0.2, 0.25) is 0 Å². The van der Waals surface area contributed by atoms with E-state index in [2.05, 4.69) is 15.0 Å². The molecule has 118 valence electrons. The lowest BCUT2D eigenvalue weighted by Gasteiger charge is -2.06. The SMILES string of the molecule is Cc1nc(/C=C2\C=Nc3ccccc32)c(O)n1Cc1ccncc1. The summed E-state index contributed by atoms with van der Waals surface area (Å²) in [6, 6.07) is 11.8. The molecule has 0 radical (unpaired) electrons. The van der Waals surface area contributed by atoms with Gasteiger partial charge in [0.25, 0.3) is 0 Å². The average Bonchev–Trinajstić information content (AvgIpc) is 3.13. The molecule has 4 rings (SSSR count). The van der Waals surface area contributed by atoms with Crippen LogP contribution in [-0.2, 0) is 6.54 Å². The van der Waals surface area contributed by atoms with Crippen LogP contribution in [0.1, 0.15) is 22.6 Å². The Morgan fingerprint density at radius 2 is 1.92 bits per heavy atom. The second kappa shape index (κ2) is 5.77. The van der Waals surface area contributed by atoms with Gasteiger partial charge in [0, 0.05) is 29.7 Å². The number of hydrogen-bond donors (Lipinski definition) is 1. The van der Waals surface area contributed by atoms with Gasteiger partial charge in [-0.25, -0.2) is 4.98 Å². The Labute approximate surface area is 139 Å². The van der Waals surface area contributed by atoms with Crippen LogP contribution in [0.5, 0.6) is 5.88 Å². The smallest absolute Gasteiger partial charge is 0.219 e. The van der Waals surface area contributed by atoms with Gasteiger partial charge in [-0.2, -0.15) is 0 Å². The van der Waals surface area contributed by atoms with E-state index in [1.165, 1.54) is 0 Å². The minimum absolute atomic E-state index is 0.162.